The van der Waals surface area contributed by atoms with Gasteiger partial charge < -0.3 is 10.1 Å². The lowest BCUT2D eigenvalue weighted by molar-refractivity contribution is -0.218. The number of alkyl halides is 3. The van der Waals surface area contributed by atoms with Crippen LogP contribution in [0, 0.1) is 11.3 Å². The Hall–Kier alpha value is -1.64. The predicted molar refractivity (Wildman–Crippen MR) is 109 cm³/mol. The van der Waals surface area contributed by atoms with E-state index in [4.69, 9.17) is 4.74 Å². The van der Waals surface area contributed by atoms with Crippen molar-refractivity contribution in [2.24, 2.45) is 11.3 Å². The van der Waals surface area contributed by atoms with Gasteiger partial charge in [0, 0.05) is 39.3 Å². The Balaban J connectivity index is 1.59. The van der Waals surface area contributed by atoms with Gasteiger partial charge in [-0.05, 0) is 24.4 Å². The molecule has 5 nitrogen and oxygen atoms in total. The number of morpholine rings is 1. The Morgan fingerprint density at radius 3 is 2.63 bits per heavy atom. The second kappa shape index (κ2) is 9.66. The molecule has 2 saturated heterocycles. The van der Waals surface area contributed by atoms with Crippen molar-refractivity contribution in [2.45, 2.75) is 39.1 Å². The van der Waals surface area contributed by atoms with E-state index >= 15 is 0 Å². The highest BCUT2D eigenvalue weighted by molar-refractivity contribution is 5.84. The average molecular weight is 428 g/mol. The molecular weight excluding hydrogens is 395 g/mol. The second-order valence-electron chi connectivity index (χ2n) is 8.88. The van der Waals surface area contributed by atoms with E-state index in [1.807, 2.05) is 30.3 Å². The van der Waals surface area contributed by atoms with Gasteiger partial charge in [0.1, 0.15) is 0 Å². The number of carbonyl (C=O) groups is 1. The summed E-state index contributed by atoms with van der Waals surface area (Å²) in [6, 6.07) is 9.37. The summed E-state index contributed by atoms with van der Waals surface area (Å²) in [5, 5.41) is 2.56. The first-order chi connectivity index (χ1) is 14.2. The topological polar surface area (TPSA) is 44.8 Å². The average Bonchev–Trinajstić information content (AvgIpc) is 3.12. The summed E-state index contributed by atoms with van der Waals surface area (Å²) < 4.78 is 47.7. The molecule has 1 aromatic rings. The molecule has 8 heteroatoms. The molecule has 0 aromatic heterocycles. The summed E-state index contributed by atoms with van der Waals surface area (Å²) in [6.45, 7) is 7.55. The maximum Gasteiger partial charge on any atom is 0.404 e. The molecule has 2 heterocycles. The fraction of sp³-hybridized carbons (Fsp3) is 0.682. The van der Waals surface area contributed by atoms with Gasteiger partial charge in [0.2, 0.25) is 5.91 Å². The molecule has 2 unspecified atom stereocenters. The van der Waals surface area contributed by atoms with E-state index in [1.165, 1.54) is 0 Å². The minimum atomic E-state index is -4.60. The van der Waals surface area contributed by atoms with Crippen LogP contribution in [0.15, 0.2) is 30.3 Å². The first-order valence-corrected chi connectivity index (χ1v) is 10.6. The van der Waals surface area contributed by atoms with E-state index in [-0.39, 0.29) is 32.2 Å². The molecule has 3 rings (SSSR count). The number of benzene rings is 1. The van der Waals surface area contributed by atoms with E-state index in [1.54, 1.807) is 4.90 Å². The molecular formula is C22H32F3N3O2. The fourth-order valence-electron chi connectivity index (χ4n) is 4.37. The van der Waals surface area contributed by atoms with Gasteiger partial charge in [0.15, 0.2) is 5.41 Å². The van der Waals surface area contributed by atoms with Crippen LogP contribution in [0.1, 0.15) is 25.8 Å². The zero-order valence-electron chi connectivity index (χ0n) is 17.8. The van der Waals surface area contributed by atoms with Crippen molar-refractivity contribution in [1.82, 2.24) is 15.1 Å². The third-order valence-corrected chi connectivity index (χ3v) is 5.91. The van der Waals surface area contributed by atoms with Gasteiger partial charge in [0.05, 0.1) is 12.7 Å². The lowest BCUT2D eigenvalue weighted by atomic mass is 9.85. The zero-order valence-corrected chi connectivity index (χ0v) is 17.8. The summed E-state index contributed by atoms with van der Waals surface area (Å²) in [4.78, 5) is 16.7. The normalized spacial score (nSPS) is 26.3. The number of nitrogens with zero attached hydrogens (tertiary/aromatic N) is 2. The summed E-state index contributed by atoms with van der Waals surface area (Å²) in [7, 11) is 0. The summed E-state index contributed by atoms with van der Waals surface area (Å²) in [6.07, 6.45) is -5.10. The maximum atomic E-state index is 14.0. The van der Waals surface area contributed by atoms with Crippen LogP contribution in [-0.2, 0) is 16.1 Å². The maximum absolute atomic E-state index is 14.0. The highest BCUT2D eigenvalue weighted by atomic mass is 19.4. The van der Waals surface area contributed by atoms with E-state index in [0.717, 1.165) is 18.7 Å². The molecule has 2 atom stereocenters. The highest BCUT2D eigenvalue weighted by Crippen LogP contribution is 2.46. The Labute approximate surface area is 176 Å². The van der Waals surface area contributed by atoms with Crippen LogP contribution in [0.5, 0.6) is 0 Å². The van der Waals surface area contributed by atoms with Gasteiger partial charge >= 0.3 is 6.18 Å². The molecule has 0 saturated carbocycles. The zero-order chi connectivity index (χ0) is 21.8. The second-order valence-corrected chi connectivity index (χ2v) is 8.88. The first kappa shape index (κ1) is 23.0. The van der Waals surface area contributed by atoms with Crippen molar-refractivity contribution < 1.29 is 22.7 Å². The van der Waals surface area contributed by atoms with Crippen molar-refractivity contribution in [3.05, 3.63) is 35.9 Å². The molecule has 0 spiro atoms. The molecule has 0 bridgehead atoms. The Bertz CT molecular complexity index is 699. The minimum absolute atomic E-state index is 0.101. The summed E-state index contributed by atoms with van der Waals surface area (Å²) >= 11 is 0. The van der Waals surface area contributed by atoms with Crippen LogP contribution in [-0.4, -0.2) is 73.9 Å². The standard InChI is InChI=1S/C22H32F3N3O2/c1-17(2)13-27-10-11-30-19(15-27)12-26-20(29)21(22(23,24)25)8-9-28(16-21)14-18-6-4-3-5-7-18/h3-7,17,19H,8-16H2,1-2H3,(H,26,29). The molecule has 1 aromatic carbocycles. The molecule has 1 amide bonds. The van der Waals surface area contributed by atoms with Gasteiger partial charge in [0.25, 0.3) is 0 Å². The number of hydrogen-bond donors (Lipinski definition) is 1. The monoisotopic (exact) mass is 427 g/mol. The fourth-order valence-corrected chi connectivity index (χ4v) is 4.37. The molecule has 30 heavy (non-hydrogen) atoms. The van der Waals surface area contributed by atoms with Gasteiger partial charge in [-0.1, -0.05) is 44.2 Å². The Morgan fingerprint density at radius 2 is 1.97 bits per heavy atom. The smallest absolute Gasteiger partial charge is 0.374 e. The molecule has 2 fully saturated rings. The van der Waals surface area contributed by atoms with Gasteiger partial charge in [-0.3, -0.25) is 14.6 Å². The van der Waals surface area contributed by atoms with Crippen molar-refractivity contribution in [3.8, 4) is 0 Å². The Morgan fingerprint density at radius 1 is 1.23 bits per heavy atom. The molecule has 0 radical (unpaired) electrons. The SMILES string of the molecule is CC(C)CN1CCOC(CNC(=O)C2(C(F)(F)F)CCN(Cc3ccccc3)C2)C1. The van der Waals surface area contributed by atoms with Crippen LogP contribution in [0.25, 0.3) is 0 Å². The van der Waals surface area contributed by atoms with Crippen molar-refractivity contribution in [3.63, 3.8) is 0 Å². The van der Waals surface area contributed by atoms with E-state index in [2.05, 4.69) is 24.1 Å². The number of amides is 1. The third kappa shape index (κ3) is 5.53. The van der Waals surface area contributed by atoms with Crippen molar-refractivity contribution in [1.29, 1.82) is 0 Å². The molecule has 2 aliphatic heterocycles. The lowest BCUT2D eigenvalue weighted by Crippen LogP contribution is -2.55. The highest BCUT2D eigenvalue weighted by Gasteiger charge is 2.62. The number of hydrogen-bond acceptors (Lipinski definition) is 4. The van der Waals surface area contributed by atoms with E-state index in [0.29, 0.717) is 25.6 Å². The van der Waals surface area contributed by atoms with Crippen LogP contribution < -0.4 is 5.32 Å². The van der Waals surface area contributed by atoms with Crippen LogP contribution in [0.2, 0.25) is 0 Å². The van der Waals surface area contributed by atoms with Crippen LogP contribution >= 0.6 is 0 Å². The number of ether oxygens (including phenoxy) is 1. The lowest BCUT2D eigenvalue weighted by Gasteiger charge is -2.35. The molecule has 1 N–H and O–H groups in total. The van der Waals surface area contributed by atoms with Crippen molar-refractivity contribution >= 4 is 5.91 Å². The summed E-state index contributed by atoms with van der Waals surface area (Å²) in [5.74, 6) is -0.434. The van der Waals surface area contributed by atoms with Crippen molar-refractivity contribution in [2.75, 3.05) is 45.9 Å². The largest absolute Gasteiger partial charge is 0.404 e. The number of rotatable bonds is 7. The predicted octanol–water partition coefficient (Wildman–Crippen LogP) is 2.91. The van der Waals surface area contributed by atoms with E-state index in [9.17, 15) is 18.0 Å². The molecule has 2 aliphatic rings. The minimum Gasteiger partial charge on any atom is -0.374 e. The molecule has 168 valence electrons. The Kier molecular flexibility index (Phi) is 7.42. The summed E-state index contributed by atoms with van der Waals surface area (Å²) in [5.41, 5.74) is -1.43. The third-order valence-electron chi connectivity index (χ3n) is 5.91. The molecule has 0 aliphatic carbocycles. The van der Waals surface area contributed by atoms with Gasteiger partial charge in [-0.2, -0.15) is 13.2 Å². The quantitative estimate of drug-likeness (QED) is 0.727. The number of likely N-dealkylation sites (tertiary alicyclic amines) is 1. The number of nitrogens with one attached hydrogen (secondary N) is 1. The van der Waals surface area contributed by atoms with Gasteiger partial charge in [-0.15, -0.1) is 0 Å². The first-order valence-electron chi connectivity index (χ1n) is 10.6. The van der Waals surface area contributed by atoms with Crippen LogP contribution in [0.3, 0.4) is 0 Å². The van der Waals surface area contributed by atoms with Crippen LogP contribution in [0.4, 0.5) is 13.2 Å². The van der Waals surface area contributed by atoms with Gasteiger partial charge in [-0.25, -0.2) is 0 Å². The van der Waals surface area contributed by atoms with E-state index < -0.39 is 17.5 Å². The number of halogens is 3. The number of carbonyl (C=O) groups excluding carboxylic acids is 1.